The molecule has 1 heterocycles. The Hall–Kier alpha value is -1.60. The van der Waals surface area contributed by atoms with Crippen LogP contribution in [0.3, 0.4) is 0 Å². The van der Waals surface area contributed by atoms with Gasteiger partial charge in [0.15, 0.2) is 5.69 Å². The third kappa shape index (κ3) is 4.01. The highest BCUT2D eigenvalue weighted by Gasteiger charge is 2.20. The molecule has 0 aliphatic heterocycles. The van der Waals surface area contributed by atoms with E-state index in [0.29, 0.717) is 0 Å². The number of hydrogen-bond acceptors (Lipinski definition) is 6. The summed E-state index contributed by atoms with van der Waals surface area (Å²) < 4.78 is 10.0. The molecule has 0 saturated heterocycles. The van der Waals surface area contributed by atoms with Gasteiger partial charge in [-0.05, 0) is 32.3 Å². The molecule has 0 unspecified atom stereocenters. The van der Waals surface area contributed by atoms with Crippen LogP contribution >= 0.6 is 0 Å². The van der Waals surface area contributed by atoms with Crippen LogP contribution in [0.25, 0.3) is 0 Å². The van der Waals surface area contributed by atoms with E-state index >= 15 is 0 Å². The normalized spacial score (nSPS) is 11.0. The van der Waals surface area contributed by atoms with Gasteiger partial charge in [-0.3, -0.25) is 0 Å². The average Bonchev–Trinajstić information content (AvgIpc) is 2.25. The fraction of sp³-hybridized carbons (Fsp3) is 0.455. The largest absolute Gasteiger partial charge is 0.488 e. The van der Waals surface area contributed by atoms with Gasteiger partial charge in [-0.1, -0.05) is 0 Å². The first-order chi connectivity index (χ1) is 8.23. The summed E-state index contributed by atoms with van der Waals surface area (Å²) in [5.41, 5.74) is -0.439. The molecule has 18 heavy (non-hydrogen) atoms. The second kappa shape index (κ2) is 5.37. The Balaban J connectivity index is 3.18. The van der Waals surface area contributed by atoms with Crippen LogP contribution in [-0.2, 0) is 4.74 Å². The lowest BCUT2D eigenvalue weighted by molar-refractivity contribution is 0.0589. The van der Waals surface area contributed by atoms with Crippen LogP contribution < -0.4 is 10.2 Å². The monoisotopic (exact) mass is 253 g/mol. The van der Waals surface area contributed by atoms with Crippen LogP contribution in [0, 0.1) is 0 Å². The molecule has 0 aromatic carbocycles. The van der Waals surface area contributed by atoms with Crippen molar-refractivity contribution in [2.24, 2.45) is 0 Å². The highest BCUT2D eigenvalue weighted by atomic mass is 16.5. The van der Waals surface area contributed by atoms with E-state index in [9.17, 15) is 4.79 Å². The number of ether oxygens (including phenoxy) is 2. The van der Waals surface area contributed by atoms with Crippen molar-refractivity contribution in [2.45, 2.75) is 26.4 Å². The fourth-order valence-electron chi connectivity index (χ4n) is 1.25. The SMILES string of the molecule is COC(=O)c1cc(B(O)O)cc(OC(C)(C)C)n1. The van der Waals surface area contributed by atoms with Gasteiger partial charge in [0, 0.05) is 6.07 Å². The first kappa shape index (κ1) is 14.5. The van der Waals surface area contributed by atoms with Gasteiger partial charge < -0.3 is 19.5 Å². The number of aromatic nitrogens is 1. The number of esters is 1. The van der Waals surface area contributed by atoms with Crippen molar-refractivity contribution in [3.63, 3.8) is 0 Å². The first-order valence-electron chi connectivity index (χ1n) is 5.38. The van der Waals surface area contributed by atoms with E-state index < -0.39 is 18.7 Å². The molecule has 1 aromatic rings. The number of methoxy groups -OCH3 is 1. The van der Waals surface area contributed by atoms with Gasteiger partial charge >= 0.3 is 13.1 Å². The van der Waals surface area contributed by atoms with E-state index in [1.165, 1.54) is 19.2 Å². The molecule has 0 atom stereocenters. The van der Waals surface area contributed by atoms with E-state index in [-0.39, 0.29) is 17.0 Å². The number of pyridine rings is 1. The molecule has 98 valence electrons. The molecule has 0 fully saturated rings. The second-order valence-electron chi connectivity index (χ2n) is 4.70. The maximum absolute atomic E-state index is 11.4. The van der Waals surface area contributed by atoms with Gasteiger partial charge in [0.25, 0.3) is 0 Å². The zero-order valence-electron chi connectivity index (χ0n) is 10.8. The quantitative estimate of drug-likeness (QED) is 0.569. The second-order valence-corrected chi connectivity index (χ2v) is 4.70. The van der Waals surface area contributed by atoms with Crippen molar-refractivity contribution in [1.82, 2.24) is 4.98 Å². The van der Waals surface area contributed by atoms with E-state index in [4.69, 9.17) is 14.8 Å². The molecular weight excluding hydrogens is 237 g/mol. The summed E-state index contributed by atoms with van der Waals surface area (Å²) >= 11 is 0. The van der Waals surface area contributed by atoms with Gasteiger partial charge in [0.1, 0.15) is 5.60 Å². The van der Waals surface area contributed by atoms with Gasteiger partial charge in [-0.15, -0.1) is 0 Å². The van der Waals surface area contributed by atoms with Gasteiger partial charge in [0.05, 0.1) is 7.11 Å². The van der Waals surface area contributed by atoms with E-state index in [1.54, 1.807) is 0 Å². The van der Waals surface area contributed by atoms with Crippen LogP contribution in [0.4, 0.5) is 0 Å². The van der Waals surface area contributed by atoms with Crippen molar-refractivity contribution in [2.75, 3.05) is 7.11 Å². The van der Waals surface area contributed by atoms with Gasteiger partial charge in [-0.2, -0.15) is 0 Å². The zero-order valence-corrected chi connectivity index (χ0v) is 10.8. The van der Waals surface area contributed by atoms with Crippen molar-refractivity contribution in [1.29, 1.82) is 0 Å². The first-order valence-corrected chi connectivity index (χ1v) is 5.38. The summed E-state index contributed by atoms with van der Waals surface area (Å²) in [6, 6.07) is 2.61. The van der Waals surface area contributed by atoms with Crippen molar-refractivity contribution >= 4 is 18.6 Å². The van der Waals surface area contributed by atoms with Crippen molar-refractivity contribution in [3.8, 4) is 5.88 Å². The van der Waals surface area contributed by atoms with Crippen LogP contribution in [-0.4, -0.2) is 40.8 Å². The Morgan fingerprint density at radius 1 is 1.33 bits per heavy atom. The van der Waals surface area contributed by atoms with Crippen molar-refractivity contribution < 1.29 is 24.3 Å². The fourth-order valence-corrected chi connectivity index (χ4v) is 1.25. The third-order valence-corrected chi connectivity index (χ3v) is 1.93. The minimum absolute atomic E-state index is 0.0395. The number of rotatable bonds is 3. The standard InChI is InChI=1S/C11H16BNO5/c1-11(2,3)18-9-6-7(12(15)16)5-8(13-9)10(14)17-4/h5-6,15-16H,1-4H3. The minimum atomic E-state index is -1.71. The number of nitrogens with zero attached hydrogens (tertiary/aromatic N) is 1. The zero-order chi connectivity index (χ0) is 13.9. The van der Waals surface area contributed by atoms with Crippen molar-refractivity contribution in [3.05, 3.63) is 17.8 Å². The lowest BCUT2D eigenvalue weighted by atomic mass is 9.80. The van der Waals surface area contributed by atoms with E-state index in [1.807, 2.05) is 20.8 Å². The van der Waals surface area contributed by atoms with E-state index in [0.717, 1.165) is 0 Å². The molecule has 0 bridgehead atoms. The van der Waals surface area contributed by atoms with Gasteiger partial charge in [-0.25, -0.2) is 9.78 Å². The molecule has 2 N–H and O–H groups in total. The van der Waals surface area contributed by atoms with Crippen LogP contribution in [0.5, 0.6) is 5.88 Å². The molecular formula is C11H16BNO5. The molecule has 0 radical (unpaired) electrons. The lowest BCUT2D eigenvalue weighted by Gasteiger charge is -2.21. The minimum Gasteiger partial charge on any atom is -0.472 e. The summed E-state index contributed by atoms with van der Waals surface area (Å²) in [6.45, 7) is 5.44. The molecule has 0 spiro atoms. The van der Waals surface area contributed by atoms with Crippen LogP contribution in [0.2, 0.25) is 0 Å². The Morgan fingerprint density at radius 3 is 2.39 bits per heavy atom. The Labute approximate surface area is 106 Å². The molecule has 1 aromatic heterocycles. The maximum atomic E-state index is 11.4. The highest BCUT2D eigenvalue weighted by molar-refractivity contribution is 6.58. The molecule has 0 aliphatic rings. The topological polar surface area (TPSA) is 88.9 Å². The summed E-state index contributed by atoms with van der Waals surface area (Å²) in [4.78, 5) is 15.4. The predicted octanol–water partition coefficient (Wildman–Crippen LogP) is -0.275. The predicted molar refractivity (Wildman–Crippen MR) is 65.8 cm³/mol. The lowest BCUT2D eigenvalue weighted by Crippen LogP contribution is -2.32. The summed E-state index contributed by atoms with van der Waals surface area (Å²) in [5, 5.41) is 18.3. The molecule has 6 nitrogen and oxygen atoms in total. The van der Waals surface area contributed by atoms with Gasteiger partial charge in [0.2, 0.25) is 5.88 Å². The van der Waals surface area contributed by atoms with Crippen LogP contribution in [0.1, 0.15) is 31.3 Å². The smallest absolute Gasteiger partial charge is 0.472 e. The number of carbonyl (C=O) groups is 1. The molecule has 0 amide bonds. The third-order valence-electron chi connectivity index (χ3n) is 1.93. The molecule has 0 saturated carbocycles. The highest BCUT2D eigenvalue weighted by Crippen LogP contribution is 2.15. The average molecular weight is 253 g/mol. The Kier molecular flexibility index (Phi) is 4.31. The summed E-state index contributed by atoms with van der Waals surface area (Å²) in [7, 11) is -0.491. The summed E-state index contributed by atoms with van der Waals surface area (Å²) in [5.74, 6) is -0.537. The Bertz CT molecular complexity index is 442. The number of carbonyl (C=O) groups excluding carboxylic acids is 1. The summed E-state index contributed by atoms with van der Waals surface area (Å²) in [6.07, 6.45) is 0. The molecule has 1 rings (SSSR count). The molecule has 0 aliphatic carbocycles. The van der Waals surface area contributed by atoms with E-state index in [2.05, 4.69) is 9.72 Å². The molecule has 7 heteroatoms. The number of hydrogen-bond donors (Lipinski definition) is 2. The maximum Gasteiger partial charge on any atom is 0.488 e. The Morgan fingerprint density at radius 2 is 1.94 bits per heavy atom. The van der Waals surface area contributed by atoms with Crippen LogP contribution in [0.15, 0.2) is 12.1 Å².